The molecule has 0 radical (unpaired) electrons. The lowest BCUT2D eigenvalue weighted by Gasteiger charge is -2.21. The minimum absolute atomic E-state index is 0.476. The van der Waals surface area contributed by atoms with E-state index in [0.717, 1.165) is 18.5 Å². The summed E-state index contributed by atoms with van der Waals surface area (Å²) < 4.78 is 0.679. The Hall–Kier alpha value is -0.385. The molecule has 1 aliphatic carbocycles. The third kappa shape index (κ3) is 2.84. The van der Waals surface area contributed by atoms with Crippen molar-refractivity contribution in [1.82, 2.24) is 4.98 Å². The predicted molar refractivity (Wildman–Crippen MR) is 67.6 cm³/mol. The first-order chi connectivity index (χ1) is 7.66. The largest absolute Gasteiger partial charge is 0.488 e. The van der Waals surface area contributed by atoms with Crippen molar-refractivity contribution in [3.63, 3.8) is 0 Å². The zero-order valence-corrected chi connectivity index (χ0v) is 10.7. The molecule has 0 unspecified atom stereocenters. The smallest absolute Gasteiger partial charge is 0.423 e. The highest BCUT2D eigenvalue weighted by Crippen LogP contribution is 2.31. The number of hydrogen-bond donors (Lipinski definition) is 2. The van der Waals surface area contributed by atoms with Gasteiger partial charge in [0.25, 0.3) is 0 Å². The number of nitrogens with zero attached hydrogens (tertiary/aromatic N) is 1. The second-order valence-electron chi connectivity index (χ2n) is 4.36. The summed E-state index contributed by atoms with van der Waals surface area (Å²) in [5.41, 5.74) is 1.50. The normalized spacial score (nSPS) is 17.4. The Bertz CT molecular complexity index is 367. The van der Waals surface area contributed by atoms with E-state index in [1.165, 1.54) is 19.3 Å². The molecule has 86 valence electrons. The molecule has 0 atom stereocenters. The number of hydrogen-bond acceptors (Lipinski definition) is 3. The molecule has 0 spiro atoms. The molecule has 0 bridgehead atoms. The Morgan fingerprint density at radius 1 is 1.19 bits per heavy atom. The quantitative estimate of drug-likeness (QED) is 0.640. The maximum Gasteiger partial charge on any atom is 0.488 e. The molecule has 2 rings (SSSR count). The molecule has 1 aromatic rings. The summed E-state index contributed by atoms with van der Waals surface area (Å²) in [6, 6.07) is 3.46. The van der Waals surface area contributed by atoms with Gasteiger partial charge in [0.1, 0.15) is 4.60 Å². The standard InChI is InChI=1S/C11H15BBrNO2/c13-11-7-9(12(15)16)6-10(14-11)8-4-2-1-3-5-8/h6-8,15-16H,1-5H2. The first-order valence-corrected chi connectivity index (χ1v) is 6.49. The van der Waals surface area contributed by atoms with Crippen molar-refractivity contribution in [2.45, 2.75) is 38.0 Å². The van der Waals surface area contributed by atoms with Crippen molar-refractivity contribution in [2.75, 3.05) is 0 Å². The Morgan fingerprint density at radius 2 is 1.88 bits per heavy atom. The van der Waals surface area contributed by atoms with Crippen LogP contribution in [0.3, 0.4) is 0 Å². The summed E-state index contributed by atoms with van der Waals surface area (Å²) in [6.45, 7) is 0. The van der Waals surface area contributed by atoms with Gasteiger partial charge in [0, 0.05) is 11.6 Å². The summed E-state index contributed by atoms with van der Waals surface area (Å²) in [6.07, 6.45) is 6.11. The van der Waals surface area contributed by atoms with Crippen LogP contribution in [-0.2, 0) is 0 Å². The summed E-state index contributed by atoms with van der Waals surface area (Å²) in [4.78, 5) is 4.43. The second-order valence-corrected chi connectivity index (χ2v) is 5.17. The molecule has 5 heteroatoms. The fourth-order valence-corrected chi connectivity index (χ4v) is 2.76. The second kappa shape index (κ2) is 5.30. The van der Waals surface area contributed by atoms with Crippen LogP contribution in [0.4, 0.5) is 0 Å². The Kier molecular flexibility index (Phi) is 4.00. The average Bonchev–Trinajstić information content (AvgIpc) is 2.29. The molecule has 2 N–H and O–H groups in total. The maximum atomic E-state index is 9.18. The van der Waals surface area contributed by atoms with Crippen molar-refractivity contribution in [1.29, 1.82) is 0 Å². The van der Waals surface area contributed by atoms with Crippen LogP contribution in [0, 0.1) is 0 Å². The van der Waals surface area contributed by atoms with Crippen LogP contribution in [-0.4, -0.2) is 22.2 Å². The molecule has 0 saturated heterocycles. The fourth-order valence-electron chi connectivity index (χ4n) is 2.29. The van der Waals surface area contributed by atoms with E-state index in [4.69, 9.17) is 0 Å². The van der Waals surface area contributed by atoms with Gasteiger partial charge in [-0.25, -0.2) is 4.98 Å². The van der Waals surface area contributed by atoms with Crippen LogP contribution >= 0.6 is 15.9 Å². The Morgan fingerprint density at radius 3 is 2.50 bits per heavy atom. The van der Waals surface area contributed by atoms with Gasteiger partial charge in [0.05, 0.1) is 0 Å². The SMILES string of the molecule is OB(O)c1cc(Br)nc(C2CCCCC2)c1. The number of aromatic nitrogens is 1. The van der Waals surface area contributed by atoms with Crippen LogP contribution < -0.4 is 5.46 Å². The van der Waals surface area contributed by atoms with Crippen LogP contribution in [0.5, 0.6) is 0 Å². The summed E-state index contributed by atoms with van der Waals surface area (Å²) in [7, 11) is -1.42. The summed E-state index contributed by atoms with van der Waals surface area (Å²) in [5.74, 6) is 0.476. The third-order valence-electron chi connectivity index (χ3n) is 3.16. The molecule has 1 fully saturated rings. The van der Waals surface area contributed by atoms with E-state index in [0.29, 0.717) is 16.0 Å². The van der Waals surface area contributed by atoms with Gasteiger partial charge in [-0.3, -0.25) is 0 Å². The minimum atomic E-state index is -1.42. The average molecular weight is 284 g/mol. The van der Waals surface area contributed by atoms with Gasteiger partial charge in [-0.1, -0.05) is 19.3 Å². The van der Waals surface area contributed by atoms with Gasteiger partial charge in [0.15, 0.2) is 0 Å². The van der Waals surface area contributed by atoms with Gasteiger partial charge >= 0.3 is 7.12 Å². The van der Waals surface area contributed by atoms with Crippen LogP contribution in [0.25, 0.3) is 0 Å². The van der Waals surface area contributed by atoms with Gasteiger partial charge in [-0.15, -0.1) is 0 Å². The van der Waals surface area contributed by atoms with Gasteiger partial charge < -0.3 is 10.0 Å². The van der Waals surface area contributed by atoms with Crippen LogP contribution in [0.15, 0.2) is 16.7 Å². The van der Waals surface area contributed by atoms with E-state index in [2.05, 4.69) is 20.9 Å². The molecule has 3 nitrogen and oxygen atoms in total. The zero-order chi connectivity index (χ0) is 11.5. The summed E-state index contributed by atoms with van der Waals surface area (Å²) in [5, 5.41) is 18.4. The molecular formula is C11H15BBrNO2. The minimum Gasteiger partial charge on any atom is -0.423 e. The molecule has 0 amide bonds. The molecule has 1 aliphatic rings. The Balaban J connectivity index is 2.25. The highest BCUT2D eigenvalue weighted by Gasteiger charge is 2.20. The number of rotatable bonds is 2. The highest BCUT2D eigenvalue weighted by molar-refractivity contribution is 9.10. The van der Waals surface area contributed by atoms with Crippen molar-refractivity contribution in [2.24, 2.45) is 0 Å². The number of pyridine rings is 1. The first-order valence-electron chi connectivity index (χ1n) is 5.70. The summed E-state index contributed by atoms with van der Waals surface area (Å²) >= 11 is 3.31. The molecule has 1 heterocycles. The van der Waals surface area contributed by atoms with E-state index in [-0.39, 0.29) is 0 Å². The monoisotopic (exact) mass is 283 g/mol. The maximum absolute atomic E-state index is 9.18. The fraction of sp³-hybridized carbons (Fsp3) is 0.545. The lowest BCUT2D eigenvalue weighted by atomic mass is 9.78. The van der Waals surface area contributed by atoms with Crippen molar-refractivity contribution >= 4 is 28.5 Å². The van der Waals surface area contributed by atoms with E-state index < -0.39 is 7.12 Å². The van der Waals surface area contributed by atoms with Gasteiger partial charge in [0.2, 0.25) is 0 Å². The van der Waals surface area contributed by atoms with Crippen molar-refractivity contribution in [3.05, 3.63) is 22.4 Å². The topological polar surface area (TPSA) is 53.4 Å². The number of halogens is 1. The van der Waals surface area contributed by atoms with Gasteiger partial charge in [-0.05, 0) is 46.4 Å². The van der Waals surface area contributed by atoms with Crippen molar-refractivity contribution < 1.29 is 10.0 Å². The van der Waals surface area contributed by atoms with Crippen LogP contribution in [0.2, 0.25) is 0 Å². The van der Waals surface area contributed by atoms with Crippen LogP contribution in [0.1, 0.15) is 43.7 Å². The van der Waals surface area contributed by atoms with E-state index in [1.807, 2.05) is 6.07 Å². The highest BCUT2D eigenvalue weighted by atomic mass is 79.9. The molecule has 0 aliphatic heterocycles. The molecule has 1 saturated carbocycles. The van der Waals surface area contributed by atoms with Gasteiger partial charge in [-0.2, -0.15) is 0 Å². The van der Waals surface area contributed by atoms with E-state index >= 15 is 0 Å². The molecule has 1 aromatic heterocycles. The lowest BCUT2D eigenvalue weighted by molar-refractivity contribution is 0.424. The Labute approximate surface area is 104 Å². The molecule has 0 aromatic carbocycles. The third-order valence-corrected chi connectivity index (χ3v) is 3.56. The molecular weight excluding hydrogens is 269 g/mol. The lowest BCUT2D eigenvalue weighted by Crippen LogP contribution is -2.31. The first kappa shape index (κ1) is 12.1. The van der Waals surface area contributed by atoms with Crippen molar-refractivity contribution in [3.8, 4) is 0 Å². The zero-order valence-electron chi connectivity index (χ0n) is 9.06. The van der Waals surface area contributed by atoms with E-state index in [1.54, 1.807) is 6.07 Å². The van der Waals surface area contributed by atoms with E-state index in [9.17, 15) is 10.0 Å². The predicted octanol–water partition coefficient (Wildman–Crippen LogP) is 1.57. The molecule has 16 heavy (non-hydrogen) atoms.